The van der Waals surface area contributed by atoms with E-state index in [1.165, 1.54) is 37.2 Å². The third-order valence-electron chi connectivity index (χ3n) is 2.91. The van der Waals surface area contributed by atoms with E-state index in [-0.39, 0.29) is 0 Å². The topological polar surface area (TPSA) is 29.9 Å². The molecule has 0 aromatic carbocycles. The average molecular weight is 179 g/mol. The lowest BCUT2D eigenvalue weighted by Gasteiger charge is -2.09. The number of nitrogens with one attached hydrogen (secondary N) is 1. The maximum absolute atomic E-state index is 4.25. The molecule has 0 saturated carbocycles. The summed E-state index contributed by atoms with van der Waals surface area (Å²) in [6.07, 6.45) is 4.44. The fourth-order valence-corrected chi connectivity index (χ4v) is 2.03. The van der Waals surface area contributed by atoms with Gasteiger partial charge >= 0.3 is 0 Å². The van der Waals surface area contributed by atoms with Gasteiger partial charge in [0.25, 0.3) is 0 Å². The van der Waals surface area contributed by atoms with Gasteiger partial charge in [-0.1, -0.05) is 0 Å². The van der Waals surface area contributed by atoms with Gasteiger partial charge in [-0.3, -0.25) is 4.68 Å². The Labute approximate surface area is 79.1 Å². The van der Waals surface area contributed by atoms with Gasteiger partial charge in [0.1, 0.15) is 0 Å². The maximum atomic E-state index is 4.25. The number of nitrogens with zero attached hydrogens (tertiary/aromatic N) is 2. The first-order valence-corrected chi connectivity index (χ1v) is 4.95. The molecular formula is C10H17N3. The zero-order valence-corrected chi connectivity index (χ0v) is 8.38. The van der Waals surface area contributed by atoms with E-state index in [1.807, 2.05) is 17.9 Å². The second-order valence-electron chi connectivity index (χ2n) is 3.96. The summed E-state index contributed by atoms with van der Waals surface area (Å²) in [6.45, 7) is 4.50. The van der Waals surface area contributed by atoms with Gasteiger partial charge in [-0.05, 0) is 44.3 Å². The average Bonchev–Trinajstić information content (AvgIpc) is 2.70. The van der Waals surface area contributed by atoms with Crippen LogP contribution in [0.5, 0.6) is 0 Å². The minimum atomic E-state index is 0.814. The molecule has 3 nitrogen and oxygen atoms in total. The van der Waals surface area contributed by atoms with E-state index in [4.69, 9.17) is 0 Å². The normalized spacial score (nSPS) is 22.5. The van der Waals surface area contributed by atoms with Crippen LogP contribution in [0.1, 0.15) is 17.7 Å². The largest absolute Gasteiger partial charge is 0.316 e. The maximum Gasteiger partial charge on any atom is 0.0521 e. The van der Waals surface area contributed by atoms with Crippen molar-refractivity contribution in [2.24, 2.45) is 13.0 Å². The summed E-state index contributed by atoms with van der Waals surface area (Å²) in [5, 5.41) is 7.65. The summed E-state index contributed by atoms with van der Waals surface area (Å²) in [4.78, 5) is 0. The van der Waals surface area contributed by atoms with Crippen LogP contribution in [0, 0.1) is 12.8 Å². The molecule has 1 unspecified atom stereocenters. The fourth-order valence-electron chi connectivity index (χ4n) is 2.03. The second kappa shape index (κ2) is 3.50. The molecule has 72 valence electrons. The highest BCUT2D eigenvalue weighted by molar-refractivity contribution is 5.16. The van der Waals surface area contributed by atoms with Crippen molar-refractivity contribution < 1.29 is 0 Å². The highest BCUT2D eigenvalue weighted by Crippen LogP contribution is 2.16. The number of aromatic nitrogens is 2. The predicted octanol–water partition coefficient (Wildman–Crippen LogP) is 0.881. The lowest BCUT2D eigenvalue weighted by atomic mass is 10.0. The molecule has 1 aromatic rings. The van der Waals surface area contributed by atoms with E-state index in [0.29, 0.717) is 0 Å². The van der Waals surface area contributed by atoms with Gasteiger partial charge in [0.15, 0.2) is 0 Å². The zero-order valence-electron chi connectivity index (χ0n) is 8.38. The molecule has 0 spiro atoms. The molecule has 13 heavy (non-hydrogen) atoms. The Morgan fingerprint density at radius 3 is 3.08 bits per heavy atom. The summed E-state index contributed by atoms with van der Waals surface area (Å²) >= 11 is 0. The van der Waals surface area contributed by atoms with Crippen LogP contribution in [-0.4, -0.2) is 22.9 Å². The van der Waals surface area contributed by atoms with Crippen molar-refractivity contribution in [3.05, 3.63) is 17.5 Å². The molecule has 0 amide bonds. The summed E-state index contributed by atoms with van der Waals surface area (Å²) in [5.41, 5.74) is 2.73. The van der Waals surface area contributed by atoms with Crippen molar-refractivity contribution >= 4 is 0 Å². The van der Waals surface area contributed by atoms with Crippen molar-refractivity contribution in [2.45, 2.75) is 19.8 Å². The standard InChI is InChI=1S/C10H17N3/c1-8-6-12-13(2)10(8)5-9-3-4-11-7-9/h6,9,11H,3-5,7H2,1-2H3. The van der Waals surface area contributed by atoms with E-state index >= 15 is 0 Å². The van der Waals surface area contributed by atoms with Crippen LogP contribution in [0.25, 0.3) is 0 Å². The minimum Gasteiger partial charge on any atom is -0.316 e. The van der Waals surface area contributed by atoms with E-state index < -0.39 is 0 Å². The molecule has 0 aliphatic carbocycles. The van der Waals surface area contributed by atoms with Crippen molar-refractivity contribution in [1.82, 2.24) is 15.1 Å². The van der Waals surface area contributed by atoms with Gasteiger partial charge in [0, 0.05) is 12.7 Å². The van der Waals surface area contributed by atoms with Gasteiger partial charge in [-0.15, -0.1) is 0 Å². The first kappa shape index (κ1) is 8.75. The third-order valence-corrected chi connectivity index (χ3v) is 2.91. The van der Waals surface area contributed by atoms with Gasteiger partial charge in [-0.25, -0.2) is 0 Å². The lowest BCUT2D eigenvalue weighted by molar-refractivity contribution is 0.547. The van der Waals surface area contributed by atoms with Crippen molar-refractivity contribution in [2.75, 3.05) is 13.1 Å². The number of rotatable bonds is 2. The molecule has 1 atom stereocenters. The Balaban J connectivity index is 2.07. The van der Waals surface area contributed by atoms with Gasteiger partial charge in [-0.2, -0.15) is 5.10 Å². The Hall–Kier alpha value is -0.830. The molecular weight excluding hydrogens is 162 g/mol. The molecule has 1 aromatic heterocycles. The number of hydrogen-bond donors (Lipinski definition) is 1. The molecule has 1 aliphatic rings. The predicted molar refractivity (Wildman–Crippen MR) is 52.6 cm³/mol. The molecule has 1 N–H and O–H groups in total. The van der Waals surface area contributed by atoms with Crippen LogP contribution < -0.4 is 5.32 Å². The summed E-state index contributed by atoms with van der Waals surface area (Å²) in [7, 11) is 2.03. The third kappa shape index (κ3) is 1.75. The Bertz CT molecular complexity index is 265. The first-order chi connectivity index (χ1) is 6.27. The summed E-state index contributed by atoms with van der Waals surface area (Å²) in [5.74, 6) is 0.814. The molecule has 0 bridgehead atoms. The number of hydrogen-bond acceptors (Lipinski definition) is 2. The molecule has 3 heteroatoms. The summed E-state index contributed by atoms with van der Waals surface area (Å²) in [6, 6.07) is 0. The molecule has 2 rings (SSSR count). The first-order valence-electron chi connectivity index (χ1n) is 4.95. The summed E-state index contributed by atoms with van der Waals surface area (Å²) < 4.78 is 2.01. The van der Waals surface area contributed by atoms with Crippen molar-refractivity contribution in [3.8, 4) is 0 Å². The lowest BCUT2D eigenvalue weighted by Crippen LogP contribution is -2.13. The Morgan fingerprint density at radius 1 is 1.69 bits per heavy atom. The van der Waals surface area contributed by atoms with Crippen LogP contribution in [0.3, 0.4) is 0 Å². The van der Waals surface area contributed by atoms with E-state index in [1.54, 1.807) is 0 Å². The van der Waals surface area contributed by atoms with E-state index in [0.717, 1.165) is 5.92 Å². The van der Waals surface area contributed by atoms with Crippen LogP contribution in [0.15, 0.2) is 6.20 Å². The monoisotopic (exact) mass is 179 g/mol. The fraction of sp³-hybridized carbons (Fsp3) is 0.700. The molecule has 1 saturated heterocycles. The SMILES string of the molecule is Cc1cnn(C)c1CC1CCNC1. The smallest absolute Gasteiger partial charge is 0.0521 e. The van der Waals surface area contributed by atoms with E-state index in [9.17, 15) is 0 Å². The van der Waals surface area contributed by atoms with Crippen molar-refractivity contribution in [3.63, 3.8) is 0 Å². The van der Waals surface area contributed by atoms with Crippen LogP contribution in [-0.2, 0) is 13.5 Å². The van der Waals surface area contributed by atoms with E-state index in [2.05, 4.69) is 17.3 Å². The minimum absolute atomic E-state index is 0.814. The zero-order chi connectivity index (χ0) is 9.26. The van der Waals surface area contributed by atoms with Crippen LogP contribution in [0.4, 0.5) is 0 Å². The van der Waals surface area contributed by atoms with Crippen LogP contribution in [0.2, 0.25) is 0 Å². The van der Waals surface area contributed by atoms with Crippen molar-refractivity contribution in [1.29, 1.82) is 0 Å². The van der Waals surface area contributed by atoms with Gasteiger partial charge in [0.05, 0.1) is 6.20 Å². The van der Waals surface area contributed by atoms with Gasteiger partial charge in [0.2, 0.25) is 0 Å². The second-order valence-corrected chi connectivity index (χ2v) is 3.96. The highest BCUT2D eigenvalue weighted by atomic mass is 15.3. The molecule has 2 heterocycles. The van der Waals surface area contributed by atoms with Crippen LogP contribution >= 0.6 is 0 Å². The van der Waals surface area contributed by atoms with Gasteiger partial charge < -0.3 is 5.32 Å². The Morgan fingerprint density at radius 2 is 2.54 bits per heavy atom. The number of aryl methyl sites for hydroxylation is 2. The Kier molecular flexibility index (Phi) is 2.36. The molecule has 0 radical (unpaired) electrons. The quantitative estimate of drug-likeness (QED) is 0.730. The molecule has 1 aliphatic heterocycles. The molecule has 1 fully saturated rings. The highest BCUT2D eigenvalue weighted by Gasteiger charge is 2.17.